The average Bonchev–Trinajstić information content (AvgIpc) is 2.20. The fraction of sp³-hybridized carbons (Fsp3) is 0.455. The zero-order valence-corrected chi connectivity index (χ0v) is 12.4. The summed E-state index contributed by atoms with van der Waals surface area (Å²) in [6.45, 7) is 2.14. The van der Waals surface area contributed by atoms with Crippen LogP contribution in [0.15, 0.2) is 18.2 Å². The Hall–Kier alpha value is -0.330. The molecular formula is C11H16Cl2O4S. The molecule has 0 saturated carbocycles. The minimum absolute atomic E-state index is 0.116. The number of halogens is 2. The summed E-state index contributed by atoms with van der Waals surface area (Å²) < 4.78 is 25.9. The largest absolute Gasteiger partial charge is 0.396 e. The zero-order valence-electron chi connectivity index (χ0n) is 10.1. The van der Waals surface area contributed by atoms with Crippen LogP contribution in [-0.4, -0.2) is 30.9 Å². The topological polar surface area (TPSA) is 74.6 Å². The van der Waals surface area contributed by atoms with Crippen LogP contribution in [0.1, 0.15) is 24.8 Å². The summed E-state index contributed by atoms with van der Waals surface area (Å²) in [4.78, 5) is 0. The Balaban J connectivity index is 0.000000494. The summed E-state index contributed by atoms with van der Waals surface area (Å²) in [5, 5.41) is 10.3. The molecular weight excluding hydrogens is 299 g/mol. The normalized spacial score (nSPS) is 12.6. The van der Waals surface area contributed by atoms with Gasteiger partial charge in [0.05, 0.1) is 6.26 Å². The number of aliphatic hydroxyl groups excluding tert-OH is 1. The van der Waals surface area contributed by atoms with Gasteiger partial charge in [-0.15, -0.1) is 0 Å². The van der Waals surface area contributed by atoms with Crippen molar-refractivity contribution in [1.29, 1.82) is 0 Å². The van der Waals surface area contributed by atoms with Gasteiger partial charge in [0.2, 0.25) is 0 Å². The molecule has 2 N–H and O–H groups in total. The average molecular weight is 315 g/mol. The first kappa shape index (κ1) is 17.7. The smallest absolute Gasteiger partial charge is 0.261 e. The molecule has 1 atom stereocenters. The van der Waals surface area contributed by atoms with E-state index in [-0.39, 0.29) is 12.5 Å². The molecule has 0 saturated heterocycles. The van der Waals surface area contributed by atoms with Crippen molar-refractivity contribution >= 4 is 33.3 Å². The third kappa shape index (κ3) is 7.89. The molecule has 1 aromatic rings. The number of rotatable bonds is 3. The number of benzene rings is 1. The van der Waals surface area contributed by atoms with E-state index in [1.807, 2.05) is 13.0 Å². The Bertz CT molecular complexity index is 462. The number of hydrogen-bond donors (Lipinski definition) is 2. The molecule has 18 heavy (non-hydrogen) atoms. The number of hydrogen-bond acceptors (Lipinski definition) is 3. The first-order valence-corrected chi connectivity index (χ1v) is 7.77. The molecule has 0 aromatic heterocycles. The van der Waals surface area contributed by atoms with E-state index in [0.29, 0.717) is 16.3 Å². The SMILES string of the molecule is CCC(CO)c1ccc(Cl)cc1Cl.CS(=O)(=O)O. The Morgan fingerprint density at radius 1 is 1.33 bits per heavy atom. The van der Waals surface area contributed by atoms with Gasteiger partial charge in [-0.2, -0.15) is 8.42 Å². The fourth-order valence-electron chi connectivity index (χ4n) is 1.28. The van der Waals surface area contributed by atoms with Gasteiger partial charge in [-0.1, -0.05) is 36.2 Å². The van der Waals surface area contributed by atoms with Gasteiger partial charge in [0.25, 0.3) is 10.1 Å². The van der Waals surface area contributed by atoms with E-state index in [9.17, 15) is 8.42 Å². The van der Waals surface area contributed by atoms with Crippen LogP contribution in [0.25, 0.3) is 0 Å². The quantitative estimate of drug-likeness (QED) is 0.841. The highest BCUT2D eigenvalue weighted by Crippen LogP contribution is 2.28. The second-order valence-corrected chi connectivity index (χ2v) is 6.00. The summed E-state index contributed by atoms with van der Waals surface area (Å²) in [5.41, 5.74) is 0.969. The van der Waals surface area contributed by atoms with Crippen molar-refractivity contribution in [2.45, 2.75) is 19.3 Å². The molecule has 7 heteroatoms. The molecule has 0 fully saturated rings. The lowest BCUT2D eigenvalue weighted by molar-refractivity contribution is 0.262. The van der Waals surface area contributed by atoms with Crippen molar-refractivity contribution in [2.24, 2.45) is 0 Å². The molecule has 1 rings (SSSR count). The fourth-order valence-corrected chi connectivity index (χ4v) is 1.84. The van der Waals surface area contributed by atoms with Crippen molar-refractivity contribution in [1.82, 2.24) is 0 Å². The van der Waals surface area contributed by atoms with Crippen LogP contribution in [0, 0.1) is 0 Å². The van der Waals surface area contributed by atoms with Crippen LogP contribution in [-0.2, 0) is 10.1 Å². The third-order valence-electron chi connectivity index (χ3n) is 2.12. The van der Waals surface area contributed by atoms with E-state index in [1.165, 1.54) is 0 Å². The molecule has 1 aromatic carbocycles. The molecule has 0 bridgehead atoms. The maximum Gasteiger partial charge on any atom is 0.261 e. The van der Waals surface area contributed by atoms with Crippen LogP contribution in [0.2, 0.25) is 10.0 Å². The summed E-state index contributed by atoms with van der Waals surface area (Å²) in [7, 11) is -3.67. The van der Waals surface area contributed by atoms with Gasteiger partial charge in [0, 0.05) is 22.6 Å². The standard InChI is InChI=1S/C10H12Cl2O.CH4O3S/c1-2-7(6-13)9-4-3-8(11)5-10(9)12;1-5(2,3)4/h3-5,7,13H,2,6H2,1H3;1H3,(H,2,3,4). The molecule has 0 aliphatic heterocycles. The van der Waals surface area contributed by atoms with Crippen molar-refractivity contribution < 1.29 is 18.1 Å². The van der Waals surface area contributed by atoms with E-state index in [2.05, 4.69) is 0 Å². The van der Waals surface area contributed by atoms with Crippen LogP contribution >= 0.6 is 23.2 Å². The van der Waals surface area contributed by atoms with Gasteiger partial charge in [0.1, 0.15) is 0 Å². The maximum atomic E-state index is 9.19. The molecule has 0 amide bonds. The summed E-state index contributed by atoms with van der Waals surface area (Å²) >= 11 is 11.7. The van der Waals surface area contributed by atoms with Crippen LogP contribution in [0.3, 0.4) is 0 Å². The van der Waals surface area contributed by atoms with Gasteiger partial charge in [-0.25, -0.2) is 0 Å². The maximum absolute atomic E-state index is 9.19. The van der Waals surface area contributed by atoms with Crippen molar-refractivity contribution in [3.63, 3.8) is 0 Å². The van der Waals surface area contributed by atoms with E-state index < -0.39 is 10.1 Å². The molecule has 4 nitrogen and oxygen atoms in total. The third-order valence-corrected chi connectivity index (χ3v) is 2.68. The lowest BCUT2D eigenvalue weighted by atomic mass is 9.97. The van der Waals surface area contributed by atoms with Gasteiger partial charge >= 0.3 is 0 Å². The van der Waals surface area contributed by atoms with E-state index in [1.54, 1.807) is 12.1 Å². The molecule has 0 radical (unpaired) electrons. The predicted octanol–water partition coefficient (Wildman–Crippen LogP) is 2.98. The van der Waals surface area contributed by atoms with E-state index in [0.717, 1.165) is 12.0 Å². The van der Waals surface area contributed by atoms with E-state index >= 15 is 0 Å². The van der Waals surface area contributed by atoms with Gasteiger partial charge in [0.15, 0.2) is 0 Å². The van der Waals surface area contributed by atoms with Gasteiger partial charge < -0.3 is 5.11 Å². The monoisotopic (exact) mass is 314 g/mol. The van der Waals surface area contributed by atoms with Gasteiger partial charge in [-0.05, 0) is 24.1 Å². The Morgan fingerprint density at radius 3 is 2.17 bits per heavy atom. The summed E-state index contributed by atoms with van der Waals surface area (Å²) in [6.07, 6.45) is 1.59. The lowest BCUT2D eigenvalue weighted by Crippen LogP contribution is -2.02. The second-order valence-electron chi connectivity index (χ2n) is 3.69. The second kappa shape index (κ2) is 7.96. The first-order valence-electron chi connectivity index (χ1n) is 5.17. The Kier molecular flexibility index (Phi) is 7.82. The minimum atomic E-state index is -3.67. The van der Waals surface area contributed by atoms with Crippen molar-refractivity contribution in [3.05, 3.63) is 33.8 Å². The molecule has 1 unspecified atom stereocenters. The Labute approximate surface area is 117 Å². The molecule has 0 aliphatic rings. The highest BCUT2D eigenvalue weighted by atomic mass is 35.5. The van der Waals surface area contributed by atoms with Gasteiger partial charge in [-0.3, -0.25) is 4.55 Å². The number of aliphatic hydroxyl groups is 1. The molecule has 0 aliphatic carbocycles. The molecule has 0 heterocycles. The van der Waals surface area contributed by atoms with Crippen molar-refractivity contribution in [2.75, 3.05) is 12.9 Å². The highest BCUT2D eigenvalue weighted by molar-refractivity contribution is 7.85. The van der Waals surface area contributed by atoms with Crippen molar-refractivity contribution in [3.8, 4) is 0 Å². The zero-order chi connectivity index (χ0) is 14.3. The highest BCUT2D eigenvalue weighted by Gasteiger charge is 2.11. The molecule has 0 spiro atoms. The summed E-state index contributed by atoms with van der Waals surface area (Å²) in [5.74, 6) is 0.116. The Morgan fingerprint density at radius 2 is 1.83 bits per heavy atom. The van der Waals surface area contributed by atoms with Crippen LogP contribution in [0.5, 0.6) is 0 Å². The first-order chi connectivity index (χ1) is 8.19. The lowest BCUT2D eigenvalue weighted by Gasteiger charge is -2.13. The van der Waals surface area contributed by atoms with Crippen LogP contribution in [0.4, 0.5) is 0 Å². The minimum Gasteiger partial charge on any atom is -0.396 e. The predicted molar refractivity (Wildman–Crippen MR) is 74.1 cm³/mol. The van der Waals surface area contributed by atoms with E-state index in [4.69, 9.17) is 32.9 Å². The summed E-state index contributed by atoms with van der Waals surface area (Å²) in [6, 6.07) is 5.37. The molecule has 104 valence electrons. The van der Waals surface area contributed by atoms with Crippen LogP contribution < -0.4 is 0 Å².